The average molecular weight is 248 g/mol. The van der Waals surface area contributed by atoms with Gasteiger partial charge in [-0.1, -0.05) is 30.3 Å². The Hall–Kier alpha value is -1.84. The molecule has 98 valence electrons. The maximum absolute atomic E-state index is 11.3. The highest BCUT2D eigenvalue weighted by molar-refractivity contribution is 5.79. The molecule has 0 aromatic heterocycles. The normalized spacial score (nSPS) is 12.4. The van der Waals surface area contributed by atoms with Gasteiger partial charge in [0, 0.05) is 7.05 Å². The summed E-state index contributed by atoms with van der Waals surface area (Å²) in [6.45, 7) is 4.17. The molecule has 1 aromatic rings. The number of hydrazone groups is 1. The van der Waals surface area contributed by atoms with Crippen LogP contribution in [0.1, 0.15) is 25.8 Å². The lowest BCUT2D eigenvalue weighted by atomic mass is 10.2. The number of benzene rings is 1. The molecule has 0 fully saturated rings. The van der Waals surface area contributed by atoms with Gasteiger partial charge in [-0.05, 0) is 19.4 Å². The van der Waals surface area contributed by atoms with Crippen molar-refractivity contribution in [3.63, 3.8) is 0 Å². The van der Waals surface area contributed by atoms with Gasteiger partial charge in [-0.15, -0.1) is 0 Å². The molecule has 0 bridgehead atoms. The number of ether oxygens (including phenoxy) is 1. The van der Waals surface area contributed by atoms with Crippen LogP contribution in [0, 0.1) is 0 Å². The number of carbonyl (C=O) groups is 1. The summed E-state index contributed by atoms with van der Waals surface area (Å²) < 4.78 is 4.91. The molecule has 0 aliphatic heterocycles. The Morgan fingerprint density at radius 1 is 1.44 bits per heavy atom. The zero-order valence-electron chi connectivity index (χ0n) is 11.2. The van der Waals surface area contributed by atoms with E-state index in [1.54, 1.807) is 18.1 Å². The standard InChI is InChI=1S/C14H20N2O2/c1-4-18-14(17)10-12(2)16(3)15-11-13-8-6-5-7-9-13/h5-9,11-12H,4,10H2,1-3H3. The minimum absolute atomic E-state index is 0.0176. The highest BCUT2D eigenvalue weighted by Crippen LogP contribution is 2.04. The lowest BCUT2D eigenvalue weighted by Crippen LogP contribution is -2.27. The van der Waals surface area contributed by atoms with E-state index in [0.29, 0.717) is 13.0 Å². The quantitative estimate of drug-likeness (QED) is 0.440. The first kappa shape index (κ1) is 14.2. The predicted octanol–water partition coefficient (Wildman–Crippen LogP) is 2.29. The van der Waals surface area contributed by atoms with Gasteiger partial charge in [-0.3, -0.25) is 9.80 Å². The van der Waals surface area contributed by atoms with Crippen LogP contribution in [0.25, 0.3) is 0 Å². The maximum Gasteiger partial charge on any atom is 0.307 e. The SMILES string of the molecule is CCOC(=O)CC(C)N(C)N=Cc1ccccc1. The zero-order chi connectivity index (χ0) is 13.4. The fraction of sp³-hybridized carbons (Fsp3) is 0.429. The molecule has 0 heterocycles. The minimum Gasteiger partial charge on any atom is -0.466 e. The van der Waals surface area contributed by atoms with E-state index in [-0.39, 0.29) is 12.0 Å². The van der Waals surface area contributed by atoms with Gasteiger partial charge >= 0.3 is 5.97 Å². The summed E-state index contributed by atoms with van der Waals surface area (Å²) in [5.74, 6) is -0.188. The summed E-state index contributed by atoms with van der Waals surface area (Å²) in [6, 6.07) is 9.86. The third-order valence-electron chi connectivity index (χ3n) is 2.59. The van der Waals surface area contributed by atoms with Crippen molar-refractivity contribution in [1.29, 1.82) is 0 Å². The van der Waals surface area contributed by atoms with Gasteiger partial charge in [0.1, 0.15) is 0 Å². The first-order valence-corrected chi connectivity index (χ1v) is 6.11. The number of hydrogen-bond acceptors (Lipinski definition) is 4. The molecule has 0 saturated heterocycles. The van der Waals surface area contributed by atoms with Gasteiger partial charge in [0.15, 0.2) is 0 Å². The number of hydrogen-bond donors (Lipinski definition) is 0. The Kier molecular flexibility index (Phi) is 5.91. The van der Waals surface area contributed by atoms with Gasteiger partial charge in [0.25, 0.3) is 0 Å². The lowest BCUT2D eigenvalue weighted by molar-refractivity contribution is -0.144. The third-order valence-corrected chi connectivity index (χ3v) is 2.59. The number of rotatable bonds is 6. The van der Waals surface area contributed by atoms with Crippen LogP contribution in [-0.2, 0) is 9.53 Å². The molecule has 18 heavy (non-hydrogen) atoms. The largest absolute Gasteiger partial charge is 0.466 e. The highest BCUT2D eigenvalue weighted by atomic mass is 16.5. The van der Waals surface area contributed by atoms with Crippen molar-refractivity contribution in [2.24, 2.45) is 5.10 Å². The Labute approximate surface area is 108 Å². The molecule has 0 amide bonds. The zero-order valence-corrected chi connectivity index (χ0v) is 11.2. The van der Waals surface area contributed by atoms with E-state index in [0.717, 1.165) is 5.56 Å². The fourth-order valence-corrected chi connectivity index (χ4v) is 1.40. The Morgan fingerprint density at radius 3 is 2.72 bits per heavy atom. The second-order valence-electron chi connectivity index (χ2n) is 4.09. The van der Waals surface area contributed by atoms with Gasteiger partial charge in [-0.25, -0.2) is 0 Å². The van der Waals surface area contributed by atoms with Crippen LogP contribution in [0.4, 0.5) is 0 Å². The van der Waals surface area contributed by atoms with Gasteiger partial charge in [0.05, 0.1) is 25.3 Å². The summed E-state index contributed by atoms with van der Waals surface area (Å²) in [5, 5.41) is 6.08. The van der Waals surface area contributed by atoms with E-state index < -0.39 is 0 Å². The van der Waals surface area contributed by atoms with Crippen molar-refractivity contribution in [2.75, 3.05) is 13.7 Å². The van der Waals surface area contributed by atoms with Gasteiger partial charge < -0.3 is 4.74 Å². The Morgan fingerprint density at radius 2 is 2.11 bits per heavy atom. The molecule has 1 unspecified atom stereocenters. The topological polar surface area (TPSA) is 41.9 Å². The molecule has 1 rings (SSSR count). The monoisotopic (exact) mass is 248 g/mol. The second-order valence-corrected chi connectivity index (χ2v) is 4.09. The third kappa shape index (κ3) is 4.99. The fourth-order valence-electron chi connectivity index (χ4n) is 1.40. The second kappa shape index (κ2) is 7.48. The van der Waals surface area contributed by atoms with Crippen molar-refractivity contribution in [3.05, 3.63) is 35.9 Å². The van der Waals surface area contributed by atoms with Crippen molar-refractivity contribution < 1.29 is 9.53 Å². The molecular formula is C14H20N2O2. The first-order chi connectivity index (χ1) is 8.63. The summed E-state index contributed by atoms with van der Waals surface area (Å²) in [6.07, 6.45) is 2.12. The average Bonchev–Trinajstić information content (AvgIpc) is 2.37. The van der Waals surface area contributed by atoms with Crippen molar-refractivity contribution in [1.82, 2.24) is 5.01 Å². The van der Waals surface area contributed by atoms with E-state index in [2.05, 4.69) is 5.10 Å². The molecule has 0 N–H and O–H groups in total. The minimum atomic E-state index is -0.188. The molecule has 0 radical (unpaired) electrons. The molecule has 0 aliphatic rings. The molecule has 1 atom stereocenters. The molecule has 4 heteroatoms. The van der Waals surface area contributed by atoms with Crippen LogP contribution in [0.3, 0.4) is 0 Å². The lowest BCUT2D eigenvalue weighted by Gasteiger charge is -2.20. The highest BCUT2D eigenvalue weighted by Gasteiger charge is 2.12. The first-order valence-electron chi connectivity index (χ1n) is 6.11. The summed E-state index contributed by atoms with van der Waals surface area (Å²) in [7, 11) is 1.85. The van der Waals surface area contributed by atoms with Gasteiger partial charge in [-0.2, -0.15) is 5.10 Å². The van der Waals surface area contributed by atoms with Crippen LogP contribution in [0.15, 0.2) is 35.4 Å². The summed E-state index contributed by atoms with van der Waals surface area (Å²) in [5.41, 5.74) is 1.03. The van der Waals surface area contributed by atoms with E-state index >= 15 is 0 Å². The molecular weight excluding hydrogens is 228 g/mol. The predicted molar refractivity (Wildman–Crippen MR) is 72.5 cm³/mol. The molecule has 0 saturated carbocycles. The maximum atomic E-state index is 11.3. The molecule has 0 spiro atoms. The number of carbonyl (C=O) groups excluding carboxylic acids is 1. The number of nitrogens with zero attached hydrogens (tertiary/aromatic N) is 2. The van der Waals surface area contributed by atoms with Crippen molar-refractivity contribution in [3.8, 4) is 0 Å². The molecule has 4 nitrogen and oxygen atoms in total. The van der Waals surface area contributed by atoms with Crippen LogP contribution < -0.4 is 0 Å². The number of esters is 1. The Bertz CT molecular complexity index is 390. The van der Waals surface area contributed by atoms with E-state index in [1.165, 1.54) is 0 Å². The molecule has 0 aliphatic carbocycles. The Balaban J connectivity index is 2.47. The van der Waals surface area contributed by atoms with Crippen LogP contribution >= 0.6 is 0 Å². The molecule has 1 aromatic carbocycles. The van der Waals surface area contributed by atoms with Crippen molar-refractivity contribution >= 4 is 12.2 Å². The van der Waals surface area contributed by atoms with E-state index in [9.17, 15) is 4.79 Å². The van der Waals surface area contributed by atoms with E-state index in [4.69, 9.17) is 4.74 Å². The van der Waals surface area contributed by atoms with E-state index in [1.807, 2.05) is 44.3 Å². The summed E-state index contributed by atoms with van der Waals surface area (Å²) >= 11 is 0. The smallest absolute Gasteiger partial charge is 0.307 e. The van der Waals surface area contributed by atoms with Crippen LogP contribution in [0.2, 0.25) is 0 Å². The van der Waals surface area contributed by atoms with Crippen LogP contribution in [0.5, 0.6) is 0 Å². The van der Waals surface area contributed by atoms with Gasteiger partial charge in [0.2, 0.25) is 0 Å². The summed E-state index contributed by atoms with van der Waals surface area (Å²) in [4.78, 5) is 11.3. The van der Waals surface area contributed by atoms with Crippen LogP contribution in [-0.4, -0.2) is 36.9 Å². The van der Waals surface area contributed by atoms with Crippen molar-refractivity contribution in [2.45, 2.75) is 26.3 Å².